The van der Waals surface area contributed by atoms with Crippen molar-refractivity contribution in [2.75, 3.05) is 14.2 Å². The molecule has 0 unspecified atom stereocenters. The number of ether oxygens (including phenoxy) is 2. The SMILES string of the molecule is COC(=O)c1cc(C(=O)OC)c2nc(-c3ccccc3)sc2c1. The average Bonchev–Trinajstić information content (AvgIpc) is 3.04. The van der Waals surface area contributed by atoms with Gasteiger partial charge in [-0.1, -0.05) is 30.3 Å². The minimum Gasteiger partial charge on any atom is -0.465 e. The fourth-order valence-electron chi connectivity index (χ4n) is 2.23. The van der Waals surface area contributed by atoms with E-state index >= 15 is 0 Å². The summed E-state index contributed by atoms with van der Waals surface area (Å²) in [7, 11) is 2.59. The molecule has 6 heteroatoms. The molecule has 3 aromatic rings. The van der Waals surface area contributed by atoms with Gasteiger partial charge in [-0.2, -0.15) is 0 Å². The van der Waals surface area contributed by atoms with Crippen molar-refractivity contribution in [3.63, 3.8) is 0 Å². The number of nitrogens with zero attached hydrogens (tertiary/aromatic N) is 1. The Kier molecular flexibility index (Phi) is 4.08. The average molecular weight is 327 g/mol. The minimum atomic E-state index is -0.536. The summed E-state index contributed by atoms with van der Waals surface area (Å²) in [5.74, 6) is -1.04. The van der Waals surface area contributed by atoms with Crippen LogP contribution in [0.2, 0.25) is 0 Å². The van der Waals surface area contributed by atoms with Crippen molar-refractivity contribution in [3.05, 3.63) is 53.6 Å². The third kappa shape index (κ3) is 2.80. The highest BCUT2D eigenvalue weighted by molar-refractivity contribution is 7.21. The van der Waals surface area contributed by atoms with E-state index in [1.165, 1.54) is 31.6 Å². The molecule has 2 aromatic carbocycles. The Morgan fingerprint density at radius 1 is 1.00 bits per heavy atom. The molecule has 0 fully saturated rings. The van der Waals surface area contributed by atoms with Crippen LogP contribution < -0.4 is 0 Å². The molecule has 5 nitrogen and oxygen atoms in total. The van der Waals surface area contributed by atoms with E-state index in [2.05, 4.69) is 4.98 Å². The van der Waals surface area contributed by atoms with Crippen molar-refractivity contribution in [2.45, 2.75) is 0 Å². The van der Waals surface area contributed by atoms with Gasteiger partial charge in [0.2, 0.25) is 0 Å². The number of methoxy groups -OCH3 is 2. The van der Waals surface area contributed by atoms with Gasteiger partial charge in [0.25, 0.3) is 0 Å². The van der Waals surface area contributed by atoms with Gasteiger partial charge in [-0.05, 0) is 12.1 Å². The van der Waals surface area contributed by atoms with E-state index in [0.29, 0.717) is 11.1 Å². The standard InChI is InChI=1S/C17H13NO4S/c1-21-16(19)11-8-12(17(20)22-2)14-13(9-11)23-15(18-14)10-6-4-3-5-7-10/h3-9H,1-2H3. The first-order chi connectivity index (χ1) is 11.1. The maximum atomic E-state index is 12.0. The lowest BCUT2D eigenvalue weighted by Gasteiger charge is -2.04. The largest absolute Gasteiger partial charge is 0.465 e. The lowest BCUT2D eigenvalue weighted by atomic mass is 10.1. The van der Waals surface area contributed by atoms with Crippen molar-refractivity contribution >= 4 is 33.5 Å². The Bertz CT molecular complexity index is 886. The molecule has 3 rings (SSSR count). The van der Waals surface area contributed by atoms with Crippen LogP contribution in [-0.4, -0.2) is 31.1 Å². The number of benzene rings is 2. The summed E-state index contributed by atoms with van der Waals surface area (Å²) in [6, 6.07) is 12.8. The van der Waals surface area contributed by atoms with Crippen LogP contribution in [0.1, 0.15) is 20.7 Å². The predicted molar refractivity (Wildman–Crippen MR) is 87.7 cm³/mol. The number of hydrogen-bond acceptors (Lipinski definition) is 6. The normalized spacial score (nSPS) is 10.5. The first kappa shape index (κ1) is 15.2. The zero-order valence-electron chi connectivity index (χ0n) is 12.5. The number of fused-ring (bicyclic) bond motifs is 1. The Morgan fingerprint density at radius 2 is 1.70 bits per heavy atom. The monoisotopic (exact) mass is 327 g/mol. The smallest absolute Gasteiger partial charge is 0.340 e. The number of esters is 2. The highest BCUT2D eigenvalue weighted by atomic mass is 32.1. The topological polar surface area (TPSA) is 65.5 Å². The molecule has 1 heterocycles. The molecule has 0 radical (unpaired) electrons. The van der Waals surface area contributed by atoms with Crippen LogP contribution in [-0.2, 0) is 9.47 Å². The van der Waals surface area contributed by atoms with Crippen molar-refractivity contribution in [2.24, 2.45) is 0 Å². The van der Waals surface area contributed by atoms with E-state index in [-0.39, 0.29) is 5.56 Å². The van der Waals surface area contributed by atoms with Gasteiger partial charge in [0.05, 0.1) is 35.6 Å². The van der Waals surface area contributed by atoms with Gasteiger partial charge < -0.3 is 9.47 Å². The molecule has 0 spiro atoms. The summed E-state index contributed by atoms with van der Waals surface area (Å²) in [6.45, 7) is 0. The number of rotatable bonds is 3. The Labute approximate surface area is 136 Å². The summed E-state index contributed by atoms with van der Waals surface area (Å²) in [5, 5.41) is 0.771. The number of carbonyl (C=O) groups is 2. The first-order valence-corrected chi connectivity index (χ1v) is 7.62. The lowest BCUT2D eigenvalue weighted by molar-refractivity contribution is 0.0600. The number of thiazole rings is 1. The highest BCUT2D eigenvalue weighted by Crippen LogP contribution is 2.33. The predicted octanol–water partition coefficient (Wildman–Crippen LogP) is 3.54. The maximum Gasteiger partial charge on any atom is 0.340 e. The second-order valence-electron chi connectivity index (χ2n) is 4.74. The molecule has 0 amide bonds. The first-order valence-electron chi connectivity index (χ1n) is 6.80. The van der Waals surface area contributed by atoms with Gasteiger partial charge in [-0.25, -0.2) is 14.6 Å². The summed E-state index contributed by atoms with van der Waals surface area (Å²) < 4.78 is 10.3. The fraction of sp³-hybridized carbons (Fsp3) is 0.118. The summed E-state index contributed by atoms with van der Waals surface area (Å²) in [5.41, 5.74) is 2.02. The number of aromatic nitrogens is 1. The zero-order chi connectivity index (χ0) is 16.4. The van der Waals surface area contributed by atoms with Crippen LogP contribution in [0.25, 0.3) is 20.8 Å². The molecule has 0 bridgehead atoms. The van der Waals surface area contributed by atoms with Crippen LogP contribution in [0.5, 0.6) is 0 Å². The van der Waals surface area contributed by atoms with Gasteiger partial charge in [-0.3, -0.25) is 0 Å². The van der Waals surface area contributed by atoms with Crippen molar-refractivity contribution in [3.8, 4) is 10.6 Å². The van der Waals surface area contributed by atoms with Gasteiger partial charge in [0.15, 0.2) is 0 Å². The second kappa shape index (κ2) is 6.18. The van der Waals surface area contributed by atoms with Gasteiger partial charge >= 0.3 is 11.9 Å². The van der Waals surface area contributed by atoms with Crippen molar-refractivity contribution < 1.29 is 19.1 Å². The molecule has 0 aliphatic carbocycles. The second-order valence-corrected chi connectivity index (χ2v) is 5.77. The quantitative estimate of drug-likeness (QED) is 0.688. The van der Waals surface area contributed by atoms with Crippen LogP contribution in [0.15, 0.2) is 42.5 Å². The summed E-state index contributed by atoms with van der Waals surface area (Å²) in [4.78, 5) is 28.4. The Hall–Kier alpha value is -2.73. The molecule has 0 atom stereocenters. The van der Waals surface area contributed by atoms with Crippen molar-refractivity contribution in [1.82, 2.24) is 4.98 Å². The van der Waals surface area contributed by atoms with Crippen LogP contribution in [0.3, 0.4) is 0 Å². The maximum absolute atomic E-state index is 12.0. The molecule has 1 aromatic heterocycles. The van der Waals surface area contributed by atoms with E-state index in [1.54, 1.807) is 6.07 Å². The molecular weight excluding hydrogens is 314 g/mol. The van der Waals surface area contributed by atoms with E-state index in [9.17, 15) is 9.59 Å². The molecule has 0 N–H and O–H groups in total. The summed E-state index contributed by atoms with van der Waals surface area (Å²) in [6.07, 6.45) is 0. The fourth-order valence-corrected chi connectivity index (χ4v) is 3.27. The van der Waals surface area contributed by atoms with E-state index in [1.807, 2.05) is 30.3 Å². The van der Waals surface area contributed by atoms with E-state index in [4.69, 9.17) is 9.47 Å². The Balaban J connectivity index is 2.23. The van der Waals surface area contributed by atoms with Gasteiger partial charge in [-0.15, -0.1) is 11.3 Å². The number of carbonyl (C=O) groups excluding carboxylic acids is 2. The molecule has 0 aliphatic heterocycles. The van der Waals surface area contributed by atoms with Crippen molar-refractivity contribution in [1.29, 1.82) is 0 Å². The van der Waals surface area contributed by atoms with Crippen LogP contribution in [0, 0.1) is 0 Å². The van der Waals surface area contributed by atoms with Gasteiger partial charge in [0, 0.05) is 5.56 Å². The van der Waals surface area contributed by atoms with Crippen LogP contribution >= 0.6 is 11.3 Å². The highest BCUT2D eigenvalue weighted by Gasteiger charge is 2.19. The molecular formula is C17H13NO4S. The lowest BCUT2D eigenvalue weighted by Crippen LogP contribution is -2.07. The minimum absolute atomic E-state index is 0.254. The van der Waals surface area contributed by atoms with E-state index < -0.39 is 11.9 Å². The zero-order valence-corrected chi connectivity index (χ0v) is 13.3. The molecule has 116 valence electrons. The van der Waals surface area contributed by atoms with Crippen LogP contribution in [0.4, 0.5) is 0 Å². The molecule has 23 heavy (non-hydrogen) atoms. The summed E-state index contributed by atoms with van der Waals surface area (Å²) >= 11 is 1.41. The van der Waals surface area contributed by atoms with E-state index in [0.717, 1.165) is 15.3 Å². The number of hydrogen-bond donors (Lipinski definition) is 0. The molecule has 0 saturated heterocycles. The third-order valence-corrected chi connectivity index (χ3v) is 4.39. The molecule has 0 saturated carbocycles. The third-order valence-electron chi connectivity index (χ3n) is 3.34. The van der Waals surface area contributed by atoms with Gasteiger partial charge in [0.1, 0.15) is 5.01 Å². The Morgan fingerprint density at radius 3 is 2.35 bits per heavy atom. The molecule has 0 aliphatic rings.